The Hall–Kier alpha value is -7.71. The minimum atomic E-state index is -1.90. The number of benzene rings is 2. The highest BCUT2D eigenvalue weighted by Gasteiger charge is 2.41. The van der Waals surface area contributed by atoms with Crippen molar-refractivity contribution >= 4 is 65.2 Å². The van der Waals surface area contributed by atoms with Gasteiger partial charge in [-0.3, -0.25) is 47.9 Å². The maximum atomic E-state index is 14.2. The van der Waals surface area contributed by atoms with Crippen molar-refractivity contribution in [3.63, 3.8) is 0 Å². The predicted molar refractivity (Wildman–Crippen MR) is 254 cm³/mol. The summed E-state index contributed by atoms with van der Waals surface area (Å²) in [5.41, 5.74) is 12.5. The summed E-state index contributed by atoms with van der Waals surface area (Å²) in [5, 5.41) is 62.7. The second-order valence-electron chi connectivity index (χ2n) is 17.6. The van der Waals surface area contributed by atoms with Crippen LogP contribution in [-0.2, 0) is 65.6 Å². The standard InChI is InChI=1S/C47H64N10O16/c48-17-5-4-10-29(49)40(65)53-32(23-39(63)64)46(71)57-19-7-12-36(57)44(69)55-34(25-58)42(67)52-30(22-38(61)62)41(66)50-24-37(60)51-31(20-26-8-2-1-3-9-26)45(70)56-18-6-11-35(56)43(68)54-33(47(72)73)21-27-13-15-28(59)16-14-27/h1-3,8-9,13-16,29-36,58-59H,4-7,10-12,17-25,48-49H2,(H,50,66)(H,51,60)(H,52,67)(H,53,65)(H,54,68)(H,55,69)(H,61,62)(H,63,64)(H,72,73)/t29-,30-,31-,32-,33-,34-,35-,36-/m0/s1. The van der Waals surface area contributed by atoms with Gasteiger partial charge in [0.15, 0.2) is 0 Å². The Balaban J connectivity index is 1.40. The lowest BCUT2D eigenvalue weighted by Crippen LogP contribution is -2.60. The van der Waals surface area contributed by atoms with Crippen LogP contribution < -0.4 is 43.4 Å². The molecule has 0 saturated carbocycles. The number of carbonyl (C=O) groups is 11. The number of amides is 8. The third kappa shape index (κ3) is 17.8. The van der Waals surface area contributed by atoms with Crippen LogP contribution in [0.1, 0.15) is 68.9 Å². The summed E-state index contributed by atoms with van der Waals surface area (Å²) in [6, 6.07) is 2.60. The van der Waals surface area contributed by atoms with Crippen LogP contribution in [-0.4, -0.2) is 182 Å². The van der Waals surface area contributed by atoms with E-state index in [9.17, 15) is 78.3 Å². The lowest BCUT2D eigenvalue weighted by Gasteiger charge is -2.30. The van der Waals surface area contributed by atoms with Crippen molar-refractivity contribution < 1.29 is 78.3 Å². The molecular weight excluding hydrogens is 961 g/mol. The van der Waals surface area contributed by atoms with Gasteiger partial charge in [-0.25, -0.2) is 4.79 Å². The number of hydrogen-bond donors (Lipinski definition) is 13. The Morgan fingerprint density at radius 2 is 1.12 bits per heavy atom. The highest BCUT2D eigenvalue weighted by atomic mass is 16.4. The number of likely N-dealkylation sites (tertiary alicyclic amines) is 2. The molecule has 8 atom stereocenters. The number of nitrogens with zero attached hydrogens (tertiary/aromatic N) is 2. The molecule has 26 nitrogen and oxygen atoms in total. The highest BCUT2D eigenvalue weighted by molar-refractivity contribution is 5.99. The van der Waals surface area contributed by atoms with E-state index in [0.29, 0.717) is 36.9 Å². The van der Waals surface area contributed by atoms with Gasteiger partial charge in [-0.1, -0.05) is 48.9 Å². The number of aliphatic hydroxyl groups excluding tert-OH is 1. The molecule has 0 aliphatic carbocycles. The van der Waals surface area contributed by atoms with Gasteiger partial charge in [-0.2, -0.15) is 0 Å². The number of phenols is 1. The molecule has 15 N–H and O–H groups in total. The molecule has 2 fully saturated rings. The van der Waals surface area contributed by atoms with Crippen molar-refractivity contribution in [3.05, 3.63) is 65.7 Å². The first-order chi connectivity index (χ1) is 34.7. The molecule has 0 bridgehead atoms. The molecule has 73 heavy (non-hydrogen) atoms. The molecule has 2 aliphatic rings. The maximum absolute atomic E-state index is 14.2. The van der Waals surface area contributed by atoms with Crippen LogP contribution >= 0.6 is 0 Å². The number of aliphatic carboxylic acids is 3. The first kappa shape index (κ1) is 57.9. The lowest BCUT2D eigenvalue weighted by atomic mass is 10.0. The summed E-state index contributed by atoms with van der Waals surface area (Å²) in [6.07, 6.45) is -0.0456. The molecule has 0 aromatic heterocycles. The minimum absolute atomic E-state index is 0.0256. The van der Waals surface area contributed by atoms with Gasteiger partial charge in [0.25, 0.3) is 0 Å². The summed E-state index contributed by atoms with van der Waals surface area (Å²) in [6.45, 7) is -1.57. The first-order valence-electron chi connectivity index (χ1n) is 23.7. The van der Waals surface area contributed by atoms with Crippen LogP contribution in [0.25, 0.3) is 0 Å². The molecule has 2 aromatic carbocycles. The Labute approximate surface area is 418 Å². The summed E-state index contributed by atoms with van der Waals surface area (Å²) in [4.78, 5) is 146. The molecule has 0 unspecified atom stereocenters. The quantitative estimate of drug-likeness (QED) is 0.0363. The number of rotatable bonds is 28. The topological polar surface area (TPSA) is 420 Å². The van der Waals surface area contributed by atoms with Gasteiger partial charge in [0.2, 0.25) is 47.3 Å². The molecule has 4 rings (SSSR count). The van der Waals surface area contributed by atoms with Crippen molar-refractivity contribution in [3.8, 4) is 5.75 Å². The van der Waals surface area contributed by atoms with Crippen LogP contribution in [0, 0.1) is 0 Å². The van der Waals surface area contributed by atoms with Gasteiger partial charge in [0.05, 0.1) is 32.0 Å². The fourth-order valence-corrected chi connectivity index (χ4v) is 8.34. The maximum Gasteiger partial charge on any atom is 0.326 e. The summed E-state index contributed by atoms with van der Waals surface area (Å²) < 4.78 is 0. The number of carbonyl (C=O) groups excluding carboxylic acids is 8. The zero-order valence-corrected chi connectivity index (χ0v) is 39.9. The molecule has 2 aromatic rings. The Morgan fingerprint density at radius 1 is 0.603 bits per heavy atom. The van der Waals surface area contributed by atoms with E-state index in [2.05, 4.69) is 31.9 Å². The number of unbranched alkanes of at least 4 members (excludes halogenated alkanes) is 1. The Kier molecular flexibility index (Phi) is 22.5. The van der Waals surface area contributed by atoms with Crippen molar-refractivity contribution in [2.75, 3.05) is 32.8 Å². The van der Waals surface area contributed by atoms with Crippen LogP contribution in [0.3, 0.4) is 0 Å². The number of aliphatic hydroxyl groups is 1. The first-order valence-corrected chi connectivity index (χ1v) is 23.7. The van der Waals surface area contributed by atoms with E-state index in [4.69, 9.17) is 11.5 Å². The van der Waals surface area contributed by atoms with Gasteiger partial charge in [0.1, 0.15) is 48.0 Å². The number of phenolic OH excluding ortho intramolecular Hbond substituents is 1. The molecule has 0 radical (unpaired) electrons. The molecule has 2 saturated heterocycles. The van der Waals surface area contributed by atoms with Crippen LogP contribution in [0.5, 0.6) is 5.75 Å². The van der Waals surface area contributed by atoms with Crippen LogP contribution in [0.4, 0.5) is 0 Å². The number of aromatic hydroxyl groups is 1. The van der Waals surface area contributed by atoms with Crippen molar-refractivity contribution in [2.45, 2.75) is 119 Å². The van der Waals surface area contributed by atoms with E-state index in [1.807, 2.05) is 0 Å². The number of hydrogen-bond acceptors (Lipinski definition) is 15. The second kappa shape index (κ2) is 28.4. The Bertz CT molecular complexity index is 2300. The fraction of sp³-hybridized carbons (Fsp3) is 0.511. The van der Waals surface area contributed by atoms with E-state index >= 15 is 0 Å². The van der Waals surface area contributed by atoms with E-state index in [1.54, 1.807) is 30.3 Å². The minimum Gasteiger partial charge on any atom is -0.508 e. The Morgan fingerprint density at radius 3 is 1.67 bits per heavy atom. The van der Waals surface area contributed by atoms with Gasteiger partial charge >= 0.3 is 17.9 Å². The van der Waals surface area contributed by atoms with Gasteiger partial charge < -0.3 is 78.7 Å². The molecule has 2 aliphatic heterocycles. The number of carboxylic acid groups (broad SMARTS) is 3. The number of carboxylic acids is 3. The smallest absolute Gasteiger partial charge is 0.326 e. The van der Waals surface area contributed by atoms with Crippen LogP contribution in [0.15, 0.2) is 54.6 Å². The molecular formula is C47H64N10O16. The number of nitrogens with one attached hydrogen (secondary N) is 6. The molecule has 2 heterocycles. The average Bonchev–Trinajstić information content (AvgIpc) is 4.06. The molecule has 26 heteroatoms. The van der Waals surface area contributed by atoms with Gasteiger partial charge in [-0.15, -0.1) is 0 Å². The van der Waals surface area contributed by atoms with Crippen molar-refractivity contribution in [1.82, 2.24) is 41.7 Å². The van der Waals surface area contributed by atoms with E-state index in [1.165, 1.54) is 29.2 Å². The predicted octanol–water partition coefficient (Wildman–Crippen LogP) is -3.82. The van der Waals surface area contributed by atoms with Gasteiger partial charge in [0, 0.05) is 25.9 Å². The fourth-order valence-electron chi connectivity index (χ4n) is 8.34. The summed E-state index contributed by atoms with van der Waals surface area (Å²) in [7, 11) is 0. The van der Waals surface area contributed by atoms with Crippen molar-refractivity contribution in [1.29, 1.82) is 0 Å². The molecule has 398 valence electrons. The SMILES string of the molecule is NCCCC[C@H](N)C(=O)N[C@@H](CC(=O)O)C(=O)N1CCC[C@H]1C(=O)N[C@@H](CO)C(=O)N[C@@H](CC(=O)O)C(=O)NCC(=O)N[C@@H](Cc1ccccc1)C(=O)N1CCC[C@H]1C(=O)N[C@@H](Cc1ccc(O)cc1)C(=O)O. The normalized spacial score (nSPS) is 17.6. The van der Waals surface area contributed by atoms with Gasteiger partial charge in [-0.05, 0) is 68.3 Å². The average molecular weight is 1030 g/mol. The molecule has 8 amide bonds. The summed E-state index contributed by atoms with van der Waals surface area (Å²) >= 11 is 0. The zero-order chi connectivity index (χ0) is 53.8. The van der Waals surface area contributed by atoms with E-state index in [0.717, 1.165) is 4.90 Å². The number of nitrogens with two attached hydrogens (primary N) is 2. The van der Waals surface area contributed by atoms with E-state index < -0.39 is 139 Å². The monoisotopic (exact) mass is 1020 g/mol. The zero-order valence-electron chi connectivity index (χ0n) is 39.9. The second-order valence-corrected chi connectivity index (χ2v) is 17.6. The summed E-state index contributed by atoms with van der Waals surface area (Å²) in [5.74, 6) is -12.0. The van der Waals surface area contributed by atoms with Crippen molar-refractivity contribution in [2.24, 2.45) is 11.5 Å². The largest absolute Gasteiger partial charge is 0.508 e. The third-order valence-corrected chi connectivity index (χ3v) is 12.1. The molecule has 0 spiro atoms. The third-order valence-electron chi connectivity index (χ3n) is 12.1. The lowest BCUT2D eigenvalue weighted by molar-refractivity contribution is -0.146. The van der Waals surface area contributed by atoms with E-state index in [-0.39, 0.29) is 57.4 Å². The van der Waals surface area contributed by atoms with Crippen LogP contribution in [0.2, 0.25) is 0 Å². The highest BCUT2D eigenvalue weighted by Crippen LogP contribution is 2.22.